The van der Waals surface area contributed by atoms with Gasteiger partial charge in [0, 0.05) is 5.54 Å². The topological polar surface area (TPSA) is 12.0 Å². The first-order valence-electron chi connectivity index (χ1n) is 5.08. The maximum absolute atomic E-state index is 11.8. The van der Waals surface area contributed by atoms with Crippen LogP contribution < -0.4 is 5.32 Å². The predicted octanol–water partition coefficient (Wildman–Crippen LogP) is 2.66. The van der Waals surface area contributed by atoms with Crippen molar-refractivity contribution in [2.45, 2.75) is 51.0 Å². The third-order valence-electron chi connectivity index (χ3n) is 2.82. The van der Waals surface area contributed by atoms with Gasteiger partial charge in [0.05, 0.1) is 6.67 Å². The maximum atomic E-state index is 11.8. The van der Waals surface area contributed by atoms with Crippen molar-refractivity contribution in [3.8, 4) is 0 Å². The zero-order valence-corrected chi connectivity index (χ0v) is 8.03. The summed E-state index contributed by atoms with van der Waals surface area (Å²) in [5.74, 6) is 0. The SMILES string of the molecule is CC1(NCCCF)CCCCC1. The zero-order valence-electron chi connectivity index (χ0n) is 8.03. The molecule has 0 radical (unpaired) electrons. The average molecular weight is 173 g/mol. The normalized spacial score (nSPS) is 22.5. The molecule has 0 bridgehead atoms. The van der Waals surface area contributed by atoms with E-state index in [2.05, 4.69) is 12.2 Å². The van der Waals surface area contributed by atoms with Gasteiger partial charge in [-0.1, -0.05) is 19.3 Å². The number of nitrogens with one attached hydrogen (secondary N) is 1. The van der Waals surface area contributed by atoms with Gasteiger partial charge in [-0.25, -0.2) is 0 Å². The van der Waals surface area contributed by atoms with Gasteiger partial charge in [0.1, 0.15) is 0 Å². The van der Waals surface area contributed by atoms with Crippen LogP contribution in [0, 0.1) is 0 Å². The van der Waals surface area contributed by atoms with Gasteiger partial charge in [0.25, 0.3) is 0 Å². The summed E-state index contributed by atoms with van der Waals surface area (Å²) in [4.78, 5) is 0. The van der Waals surface area contributed by atoms with E-state index in [0.29, 0.717) is 12.0 Å². The number of halogens is 1. The zero-order chi connectivity index (χ0) is 8.86. The largest absolute Gasteiger partial charge is 0.311 e. The first kappa shape index (κ1) is 9.97. The van der Waals surface area contributed by atoms with Crippen LogP contribution in [0.5, 0.6) is 0 Å². The van der Waals surface area contributed by atoms with E-state index in [9.17, 15) is 4.39 Å². The Morgan fingerprint density at radius 1 is 1.25 bits per heavy atom. The third-order valence-corrected chi connectivity index (χ3v) is 2.82. The molecule has 0 atom stereocenters. The smallest absolute Gasteiger partial charge is 0.0906 e. The highest BCUT2D eigenvalue weighted by Gasteiger charge is 2.25. The Labute approximate surface area is 74.7 Å². The molecular weight excluding hydrogens is 153 g/mol. The van der Waals surface area contributed by atoms with Crippen molar-refractivity contribution >= 4 is 0 Å². The van der Waals surface area contributed by atoms with Crippen molar-refractivity contribution in [2.24, 2.45) is 0 Å². The van der Waals surface area contributed by atoms with Gasteiger partial charge in [-0.15, -0.1) is 0 Å². The molecule has 1 N–H and O–H groups in total. The molecule has 12 heavy (non-hydrogen) atoms. The molecule has 0 aromatic rings. The molecule has 1 saturated carbocycles. The second-order valence-corrected chi connectivity index (χ2v) is 4.09. The van der Waals surface area contributed by atoms with Crippen LogP contribution in [0.15, 0.2) is 0 Å². The monoisotopic (exact) mass is 173 g/mol. The molecule has 1 nitrogen and oxygen atoms in total. The Balaban J connectivity index is 2.17. The first-order valence-corrected chi connectivity index (χ1v) is 5.08. The number of rotatable bonds is 4. The van der Waals surface area contributed by atoms with Gasteiger partial charge in [-0.05, 0) is 32.7 Å². The standard InChI is InChI=1S/C10H20FN/c1-10(12-9-5-8-11)6-3-2-4-7-10/h12H,2-9H2,1H3. The van der Waals surface area contributed by atoms with Crippen molar-refractivity contribution in [1.29, 1.82) is 0 Å². The molecule has 1 aliphatic rings. The van der Waals surface area contributed by atoms with E-state index in [0.717, 1.165) is 6.54 Å². The highest BCUT2D eigenvalue weighted by Crippen LogP contribution is 2.27. The summed E-state index contributed by atoms with van der Waals surface area (Å²) in [6.07, 6.45) is 7.23. The van der Waals surface area contributed by atoms with Gasteiger partial charge >= 0.3 is 0 Å². The van der Waals surface area contributed by atoms with Crippen LogP contribution in [0.2, 0.25) is 0 Å². The van der Waals surface area contributed by atoms with Crippen LogP contribution in [0.1, 0.15) is 45.4 Å². The second kappa shape index (κ2) is 4.80. The fraction of sp³-hybridized carbons (Fsp3) is 1.00. The highest BCUT2D eigenvalue weighted by atomic mass is 19.1. The molecule has 0 heterocycles. The molecule has 0 aromatic carbocycles. The lowest BCUT2D eigenvalue weighted by Gasteiger charge is -2.34. The lowest BCUT2D eigenvalue weighted by Crippen LogP contribution is -2.44. The summed E-state index contributed by atoms with van der Waals surface area (Å²) >= 11 is 0. The lowest BCUT2D eigenvalue weighted by molar-refractivity contribution is 0.251. The van der Waals surface area contributed by atoms with Gasteiger partial charge in [0.15, 0.2) is 0 Å². The Morgan fingerprint density at radius 3 is 2.50 bits per heavy atom. The molecule has 72 valence electrons. The fourth-order valence-electron chi connectivity index (χ4n) is 1.97. The molecule has 2 heteroatoms. The van der Waals surface area contributed by atoms with Gasteiger partial charge < -0.3 is 5.32 Å². The van der Waals surface area contributed by atoms with Crippen molar-refractivity contribution in [3.63, 3.8) is 0 Å². The molecule has 0 aromatic heterocycles. The minimum Gasteiger partial charge on any atom is -0.311 e. The highest BCUT2D eigenvalue weighted by molar-refractivity contribution is 4.85. The van der Waals surface area contributed by atoms with E-state index in [1.807, 2.05) is 0 Å². The van der Waals surface area contributed by atoms with Crippen LogP contribution in [0.3, 0.4) is 0 Å². The second-order valence-electron chi connectivity index (χ2n) is 4.09. The van der Waals surface area contributed by atoms with E-state index in [4.69, 9.17) is 0 Å². The van der Waals surface area contributed by atoms with Crippen molar-refractivity contribution in [3.05, 3.63) is 0 Å². The Bertz CT molecular complexity index is 119. The lowest BCUT2D eigenvalue weighted by atomic mass is 9.83. The molecule has 1 aliphatic carbocycles. The van der Waals surface area contributed by atoms with E-state index < -0.39 is 0 Å². The minimum atomic E-state index is -0.191. The van der Waals surface area contributed by atoms with Crippen LogP contribution in [0.25, 0.3) is 0 Å². The van der Waals surface area contributed by atoms with Gasteiger partial charge in [-0.2, -0.15) is 0 Å². The first-order chi connectivity index (χ1) is 5.77. The summed E-state index contributed by atoms with van der Waals surface area (Å²) in [6.45, 7) is 2.92. The third kappa shape index (κ3) is 3.10. The molecule has 0 aliphatic heterocycles. The summed E-state index contributed by atoms with van der Waals surface area (Å²) in [5, 5.41) is 3.46. The Kier molecular flexibility index (Phi) is 3.99. The average Bonchev–Trinajstić information content (AvgIpc) is 2.06. The predicted molar refractivity (Wildman–Crippen MR) is 50.1 cm³/mol. The number of alkyl halides is 1. The molecule has 0 saturated heterocycles. The molecule has 0 amide bonds. The molecule has 1 fully saturated rings. The van der Waals surface area contributed by atoms with E-state index in [1.54, 1.807) is 0 Å². The summed E-state index contributed by atoms with van der Waals surface area (Å²) in [6, 6.07) is 0. The minimum absolute atomic E-state index is 0.191. The van der Waals surface area contributed by atoms with Gasteiger partial charge in [-0.3, -0.25) is 4.39 Å². The molecule has 1 rings (SSSR count). The van der Waals surface area contributed by atoms with Crippen LogP contribution in [-0.4, -0.2) is 18.8 Å². The number of hydrogen-bond acceptors (Lipinski definition) is 1. The van der Waals surface area contributed by atoms with Crippen LogP contribution >= 0.6 is 0 Å². The molecule has 0 spiro atoms. The van der Waals surface area contributed by atoms with Gasteiger partial charge in [0.2, 0.25) is 0 Å². The quantitative estimate of drug-likeness (QED) is 0.644. The summed E-state index contributed by atoms with van der Waals surface area (Å²) in [5.41, 5.74) is 0.313. The fourth-order valence-corrected chi connectivity index (χ4v) is 1.97. The van der Waals surface area contributed by atoms with Crippen molar-refractivity contribution in [2.75, 3.05) is 13.2 Å². The van der Waals surface area contributed by atoms with E-state index in [1.165, 1.54) is 32.1 Å². The Morgan fingerprint density at radius 2 is 1.92 bits per heavy atom. The maximum Gasteiger partial charge on any atom is 0.0906 e. The summed E-state index contributed by atoms with van der Waals surface area (Å²) in [7, 11) is 0. The summed E-state index contributed by atoms with van der Waals surface area (Å²) < 4.78 is 11.8. The van der Waals surface area contributed by atoms with E-state index >= 15 is 0 Å². The van der Waals surface area contributed by atoms with Crippen molar-refractivity contribution < 1.29 is 4.39 Å². The van der Waals surface area contributed by atoms with Crippen LogP contribution in [0.4, 0.5) is 4.39 Å². The molecular formula is C10H20FN. The number of hydrogen-bond donors (Lipinski definition) is 1. The van der Waals surface area contributed by atoms with Crippen molar-refractivity contribution in [1.82, 2.24) is 5.32 Å². The molecule has 0 unspecified atom stereocenters. The Hall–Kier alpha value is -0.110. The van der Waals surface area contributed by atoms with E-state index in [-0.39, 0.29) is 6.67 Å². The van der Waals surface area contributed by atoms with Crippen LogP contribution in [-0.2, 0) is 0 Å².